The van der Waals surface area contributed by atoms with Crippen LogP contribution in [0.15, 0.2) is 18.2 Å². The number of methoxy groups -OCH3 is 1. The lowest BCUT2D eigenvalue weighted by atomic mass is 9.85. The van der Waals surface area contributed by atoms with Gasteiger partial charge in [-0.15, -0.1) is 0 Å². The monoisotopic (exact) mass is 235 g/mol. The zero-order valence-corrected chi connectivity index (χ0v) is 11.3. The molecule has 0 saturated carbocycles. The summed E-state index contributed by atoms with van der Waals surface area (Å²) in [6.07, 6.45) is 0.980. The van der Waals surface area contributed by atoms with E-state index in [0.29, 0.717) is 0 Å². The highest BCUT2D eigenvalue weighted by molar-refractivity contribution is 5.67. The molecule has 1 aromatic rings. The van der Waals surface area contributed by atoms with Crippen LogP contribution in [0.2, 0.25) is 0 Å². The number of hydrogen-bond donors (Lipinski definition) is 0. The van der Waals surface area contributed by atoms with Crippen LogP contribution in [0.5, 0.6) is 5.75 Å². The van der Waals surface area contributed by atoms with E-state index in [1.165, 1.54) is 0 Å². The SMILES string of the molecule is COc1ccc(C(C)(C)C=O)cc1CN(C)C. The van der Waals surface area contributed by atoms with Crippen LogP contribution in [0.1, 0.15) is 25.0 Å². The lowest BCUT2D eigenvalue weighted by Gasteiger charge is -2.21. The normalized spacial score (nSPS) is 11.6. The Bertz CT molecular complexity index is 397. The Balaban J connectivity index is 3.17. The first kappa shape index (κ1) is 13.7. The van der Waals surface area contributed by atoms with E-state index in [1.807, 2.05) is 46.1 Å². The van der Waals surface area contributed by atoms with Crippen molar-refractivity contribution in [3.05, 3.63) is 29.3 Å². The molecular weight excluding hydrogens is 214 g/mol. The average molecular weight is 235 g/mol. The number of aldehydes is 1. The van der Waals surface area contributed by atoms with Crippen molar-refractivity contribution in [1.29, 1.82) is 0 Å². The molecule has 0 aliphatic heterocycles. The molecule has 0 heterocycles. The fourth-order valence-corrected chi connectivity index (χ4v) is 1.71. The maximum absolute atomic E-state index is 11.1. The van der Waals surface area contributed by atoms with Gasteiger partial charge >= 0.3 is 0 Å². The molecule has 0 aliphatic carbocycles. The molecule has 0 fully saturated rings. The quantitative estimate of drug-likeness (QED) is 0.733. The fourth-order valence-electron chi connectivity index (χ4n) is 1.71. The summed E-state index contributed by atoms with van der Waals surface area (Å²) in [7, 11) is 5.69. The molecule has 0 N–H and O–H groups in total. The molecule has 1 aromatic carbocycles. The summed E-state index contributed by atoms with van der Waals surface area (Å²) in [4.78, 5) is 13.2. The molecule has 0 aromatic heterocycles. The summed E-state index contributed by atoms with van der Waals surface area (Å²) >= 11 is 0. The molecule has 0 aliphatic rings. The van der Waals surface area contributed by atoms with Crippen molar-refractivity contribution in [2.45, 2.75) is 25.8 Å². The van der Waals surface area contributed by atoms with Crippen LogP contribution in [0.4, 0.5) is 0 Å². The summed E-state index contributed by atoms with van der Waals surface area (Å²) in [5.41, 5.74) is 1.67. The van der Waals surface area contributed by atoms with Crippen molar-refractivity contribution in [1.82, 2.24) is 4.90 Å². The van der Waals surface area contributed by atoms with Gasteiger partial charge in [0.15, 0.2) is 0 Å². The molecule has 1 rings (SSSR count). The Morgan fingerprint density at radius 1 is 1.35 bits per heavy atom. The number of nitrogens with zero attached hydrogens (tertiary/aromatic N) is 1. The van der Waals surface area contributed by atoms with Gasteiger partial charge < -0.3 is 14.4 Å². The minimum Gasteiger partial charge on any atom is -0.496 e. The summed E-state index contributed by atoms with van der Waals surface area (Å²) in [6, 6.07) is 5.93. The largest absolute Gasteiger partial charge is 0.496 e. The Morgan fingerprint density at radius 3 is 2.47 bits per heavy atom. The van der Waals surface area contributed by atoms with Crippen LogP contribution < -0.4 is 4.74 Å². The van der Waals surface area contributed by atoms with Gasteiger partial charge in [-0.2, -0.15) is 0 Å². The van der Waals surface area contributed by atoms with E-state index >= 15 is 0 Å². The first-order chi connectivity index (χ1) is 7.90. The smallest absolute Gasteiger partial charge is 0.129 e. The molecular formula is C14H21NO2. The van der Waals surface area contributed by atoms with Gasteiger partial charge in [-0.25, -0.2) is 0 Å². The van der Waals surface area contributed by atoms with E-state index in [4.69, 9.17) is 4.74 Å². The molecule has 3 nitrogen and oxygen atoms in total. The van der Waals surface area contributed by atoms with E-state index < -0.39 is 5.41 Å². The van der Waals surface area contributed by atoms with E-state index in [9.17, 15) is 4.79 Å². The van der Waals surface area contributed by atoms with Gasteiger partial charge in [-0.05, 0) is 45.6 Å². The number of benzene rings is 1. The minimum atomic E-state index is -0.451. The Kier molecular flexibility index (Phi) is 4.29. The predicted molar refractivity (Wildman–Crippen MR) is 69.5 cm³/mol. The van der Waals surface area contributed by atoms with Crippen LogP contribution in [0.25, 0.3) is 0 Å². The van der Waals surface area contributed by atoms with Crippen molar-refractivity contribution in [2.75, 3.05) is 21.2 Å². The van der Waals surface area contributed by atoms with Gasteiger partial charge in [-0.3, -0.25) is 0 Å². The summed E-state index contributed by atoms with van der Waals surface area (Å²) in [5, 5.41) is 0. The van der Waals surface area contributed by atoms with E-state index in [2.05, 4.69) is 4.90 Å². The van der Waals surface area contributed by atoms with Crippen LogP contribution in [-0.4, -0.2) is 32.4 Å². The van der Waals surface area contributed by atoms with Crippen LogP contribution >= 0.6 is 0 Å². The van der Waals surface area contributed by atoms with Crippen molar-refractivity contribution < 1.29 is 9.53 Å². The zero-order chi connectivity index (χ0) is 13.1. The Labute approximate surface area is 103 Å². The second-order valence-electron chi connectivity index (χ2n) is 5.10. The van der Waals surface area contributed by atoms with Crippen LogP contribution in [-0.2, 0) is 16.8 Å². The highest BCUT2D eigenvalue weighted by Gasteiger charge is 2.20. The molecule has 0 spiro atoms. The third kappa shape index (κ3) is 3.30. The second-order valence-corrected chi connectivity index (χ2v) is 5.10. The Morgan fingerprint density at radius 2 is 2.00 bits per heavy atom. The predicted octanol–water partition coefficient (Wildman–Crippen LogP) is 2.23. The summed E-state index contributed by atoms with van der Waals surface area (Å²) in [5.74, 6) is 0.865. The second kappa shape index (κ2) is 5.32. The number of carbonyl (C=O) groups is 1. The van der Waals surface area contributed by atoms with Crippen molar-refractivity contribution >= 4 is 6.29 Å². The van der Waals surface area contributed by atoms with Gasteiger partial charge in [-0.1, -0.05) is 6.07 Å². The first-order valence-electron chi connectivity index (χ1n) is 5.69. The molecule has 0 bridgehead atoms. The van der Waals surface area contributed by atoms with Crippen molar-refractivity contribution in [3.8, 4) is 5.75 Å². The number of hydrogen-bond acceptors (Lipinski definition) is 3. The fraction of sp³-hybridized carbons (Fsp3) is 0.500. The van der Waals surface area contributed by atoms with Crippen molar-refractivity contribution in [2.24, 2.45) is 0 Å². The molecule has 0 radical (unpaired) electrons. The molecule has 0 saturated heterocycles. The zero-order valence-electron chi connectivity index (χ0n) is 11.3. The topological polar surface area (TPSA) is 29.5 Å². The number of carbonyl (C=O) groups excluding carboxylic acids is 1. The van der Waals surface area contributed by atoms with Gasteiger partial charge in [0.2, 0.25) is 0 Å². The molecule has 17 heavy (non-hydrogen) atoms. The number of rotatable bonds is 5. The van der Waals surface area contributed by atoms with Gasteiger partial charge in [0.25, 0.3) is 0 Å². The van der Waals surface area contributed by atoms with Gasteiger partial charge in [0.05, 0.1) is 7.11 Å². The van der Waals surface area contributed by atoms with E-state index in [1.54, 1.807) is 7.11 Å². The molecule has 0 atom stereocenters. The highest BCUT2D eigenvalue weighted by Crippen LogP contribution is 2.27. The minimum absolute atomic E-state index is 0.451. The van der Waals surface area contributed by atoms with Crippen molar-refractivity contribution in [3.63, 3.8) is 0 Å². The first-order valence-corrected chi connectivity index (χ1v) is 5.69. The van der Waals surface area contributed by atoms with Crippen LogP contribution in [0, 0.1) is 0 Å². The summed E-state index contributed by atoms with van der Waals surface area (Å²) < 4.78 is 5.33. The standard InChI is InChI=1S/C14H21NO2/c1-14(2,10-16)12-6-7-13(17-5)11(8-12)9-15(3)4/h6-8,10H,9H2,1-5H3. The van der Waals surface area contributed by atoms with E-state index in [-0.39, 0.29) is 0 Å². The molecule has 3 heteroatoms. The lowest BCUT2D eigenvalue weighted by molar-refractivity contribution is -0.111. The Hall–Kier alpha value is -1.35. The number of ether oxygens (including phenoxy) is 1. The average Bonchev–Trinajstić information content (AvgIpc) is 2.28. The third-order valence-electron chi connectivity index (χ3n) is 2.81. The summed E-state index contributed by atoms with van der Waals surface area (Å²) in [6.45, 7) is 4.63. The molecule has 0 unspecified atom stereocenters. The van der Waals surface area contributed by atoms with Gasteiger partial charge in [0.1, 0.15) is 12.0 Å². The van der Waals surface area contributed by atoms with Crippen LogP contribution in [0.3, 0.4) is 0 Å². The lowest BCUT2D eigenvalue weighted by Crippen LogP contribution is -2.20. The molecule has 0 amide bonds. The van der Waals surface area contributed by atoms with E-state index in [0.717, 1.165) is 29.7 Å². The highest BCUT2D eigenvalue weighted by atomic mass is 16.5. The van der Waals surface area contributed by atoms with Gasteiger partial charge in [0, 0.05) is 17.5 Å². The maximum atomic E-state index is 11.1. The third-order valence-corrected chi connectivity index (χ3v) is 2.81. The molecule has 94 valence electrons. The maximum Gasteiger partial charge on any atom is 0.129 e.